The average Bonchev–Trinajstić information content (AvgIpc) is 3.22. The number of hydrogen-bond donors (Lipinski definition) is 4. The Kier molecular flexibility index (Phi) is 13.3. The van der Waals surface area contributed by atoms with Crippen molar-refractivity contribution in [2.45, 2.75) is 135 Å². The summed E-state index contributed by atoms with van der Waals surface area (Å²) in [5.41, 5.74) is -8.92. The van der Waals surface area contributed by atoms with Gasteiger partial charge in [0.15, 0.2) is 23.6 Å². The molecule has 0 aromatic heterocycles. The van der Waals surface area contributed by atoms with E-state index in [9.17, 15) is 39.3 Å². The summed E-state index contributed by atoms with van der Waals surface area (Å²) in [7, 11) is 2.70. The van der Waals surface area contributed by atoms with Crippen molar-refractivity contribution in [2.24, 2.45) is 16.7 Å². The highest BCUT2D eigenvalue weighted by Gasteiger charge is 2.78. The van der Waals surface area contributed by atoms with E-state index in [0.29, 0.717) is 5.56 Å². The molecule has 2 aromatic carbocycles. The van der Waals surface area contributed by atoms with E-state index in [-0.39, 0.29) is 41.2 Å². The number of carbonyl (C=O) groups excluding carboxylic acids is 6. The summed E-state index contributed by atoms with van der Waals surface area (Å²) >= 11 is 0. The van der Waals surface area contributed by atoms with E-state index in [1.807, 2.05) is 0 Å². The molecular weight excluding hydrogens is 851 g/mol. The van der Waals surface area contributed by atoms with Gasteiger partial charge >= 0.3 is 30.0 Å². The lowest BCUT2D eigenvalue weighted by atomic mass is 9.44. The molecule has 1 heterocycles. The molecule has 0 unspecified atom stereocenters. The van der Waals surface area contributed by atoms with E-state index < -0.39 is 118 Å². The lowest BCUT2D eigenvalue weighted by Crippen LogP contribution is -2.82. The third-order valence-corrected chi connectivity index (χ3v) is 13.4. The normalized spacial score (nSPS) is 31.1. The van der Waals surface area contributed by atoms with Crippen LogP contribution in [0.5, 0.6) is 11.5 Å². The second-order valence-corrected chi connectivity index (χ2v) is 18.9. The number of ether oxygens (including phenoxy) is 8. The van der Waals surface area contributed by atoms with Gasteiger partial charge in [-0.1, -0.05) is 44.2 Å². The van der Waals surface area contributed by atoms with Gasteiger partial charge in [0.05, 0.1) is 44.3 Å². The van der Waals surface area contributed by atoms with Crippen LogP contribution in [0.2, 0.25) is 0 Å². The van der Waals surface area contributed by atoms with E-state index in [2.05, 4.69) is 5.32 Å². The number of nitrogens with one attached hydrogen (secondary N) is 1. The first kappa shape index (κ1) is 48.9. The fourth-order valence-electron chi connectivity index (χ4n) is 10.2. The molecule has 4 N–H and O–H groups in total. The Morgan fingerprint density at radius 3 is 2.14 bits per heavy atom. The summed E-state index contributed by atoms with van der Waals surface area (Å²) in [5.74, 6) is -6.38. The van der Waals surface area contributed by atoms with Crippen LogP contribution in [0.4, 0.5) is 4.79 Å². The van der Waals surface area contributed by atoms with Gasteiger partial charge in [0, 0.05) is 32.1 Å². The molecule has 65 heavy (non-hydrogen) atoms. The highest BCUT2D eigenvalue weighted by molar-refractivity contribution is 5.96. The van der Waals surface area contributed by atoms with Gasteiger partial charge in [-0.3, -0.25) is 14.4 Å². The van der Waals surface area contributed by atoms with Crippen LogP contribution in [0, 0.1) is 16.7 Å². The predicted octanol–water partition coefficient (Wildman–Crippen LogP) is 3.85. The Labute approximate surface area is 376 Å². The standard InChI is InChI=1S/C47H59NO17/c1-23-30(62-41(55)35(52)34(26-15-13-12-14-16-26)48-42(56)65-43(4,5)6)21-47(57)39(63-40(54)28-19-27(58-10)17-18-29(28)59-11)37-45(9,31(51)20-32-46(37,22-60-32)64-25(3)50)38(53)36(61-24(2)49)33(23)44(47,7)8/h12-19,30-32,34-37,39,51-52,57H,20-22H2,1-11H3,(H,48,56)/t30-,31-,32+,34-,35+,36+,37-,39-,45+,46-,47+/m0/s1. The number of benzene rings is 2. The zero-order chi connectivity index (χ0) is 48.2. The fraction of sp³-hybridized carbons (Fsp3) is 0.574. The monoisotopic (exact) mass is 909 g/mol. The number of Topliss-reactive ketones (excluding diaryl/α,β-unsaturated/α-hetero) is 1. The Balaban J connectivity index is 1.57. The summed E-state index contributed by atoms with van der Waals surface area (Å²) in [5, 5.41) is 40.2. The molecule has 3 fully saturated rings. The van der Waals surface area contributed by atoms with E-state index in [4.69, 9.17) is 37.9 Å². The van der Waals surface area contributed by atoms with Crippen molar-refractivity contribution in [3.8, 4) is 11.5 Å². The Morgan fingerprint density at radius 2 is 1.58 bits per heavy atom. The number of alkyl carbamates (subject to hydrolysis) is 1. The molecular formula is C47H59NO17. The van der Waals surface area contributed by atoms with Gasteiger partial charge in [0.1, 0.15) is 46.6 Å². The molecule has 2 aromatic rings. The Bertz CT molecular complexity index is 2250. The maximum atomic E-state index is 15.6. The number of rotatable bonds is 11. The minimum atomic E-state index is -2.48. The number of fused-ring (bicyclic) bond motifs is 5. The topological polar surface area (TPSA) is 249 Å². The SMILES string of the molecule is COc1ccc(OC)c(C(=O)O[C@H]2[C@@H]3[C@]4(OC(C)=O)CO[C@@H]4C[C@H](O)[C@@]3(C)C(=O)[C@H](OC(C)=O)C3=C(C)[C@@H](OC(=O)[C@H](O)[C@@H](NC(=O)OC(C)(C)C)c4ccccc4)C[C@]2(O)C3(C)C)c1. The summed E-state index contributed by atoms with van der Waals surface area (Å²) in [4.78, 5) is 83.9. The highest BCUT2D eigenvalue weighted by Crippen LogP contribution is 2.64. The predicted molar refractivity (Wildman–Crippen MR) is 226 cm³/mol. The number of methoxy groups -OCH3 is 2. The van der Waals surface area contributed by atoms with E-state index in [1.54, 1.807) is 51.1 Å². The molecule has 18 heteroatoms. The third-order valence-electron chi connectivity index (χ3n) is 13.4. The molecule has 0 spiro atoms. The minimum Gasteiger partial charge on any atom is -0.497 e. The van der Waals surface area contributed by atoms with Gasteiger partial charge in [-0.15, -0.1) is 0 Å². The molecule has 2 bridgehead atoms. The molecule has 2 saturated carbocycles. The van der Waals surface area contributed by atoms with Crippen LogP contribution in [0.15, 0.2) is 59.7 Å². The van der Waals surface area contributed by atoms with Crippen molar-refractivity contribution in [1.82, 2.24) is 5.32 Å². The number of aliphatic hydroxyl groups excluding tert-OH is 2. The number of ketones is 1. The van der Waals surface area contributed by atoms with Gasteiger partial charge in [-0.2, -0.15) is 0 Å². The smallest absolute Gasteiger partial charge is 0.408 e. The second kappa shape index (κ2) is 17.7. The van der Waals surface area contributed by atoms with Gasteiger partial charge in [0.2, 0.25) is 0 Å². The van der Waals surface area contributed by atoms with E-state index in [0.717, 1.165) is 13.8 Å². The first-order valence-corrected chi connectivity index (χ1v) is 21.3. The van der Waals surface area contributed by atoms with Crippen molar-refractivity contribution in [3.63, 3.8) is 0 Å². The maximum absolute atomic E-state index is 15.6. The van der Waals surface area contributed by atoms with Crippen molar-refractivity contribution in [3.05, 3.63) is 70.8 Å². The van der Waals surface area contributed by atoms with Crippen LogP contribution >= 0.6 is 0 Å². The Hall–Kier alpha value is -5.56. The van der Waals surface area contributed by atoms with Crippen molar-refractivity contribution in [1.29, 1.82) is 0 Å². The number of esters is 4. The second-order valence-electron chi connectivity index (χ2n) is 18.9. The molecule has 0 radical (unpaired) electrons. The van der Waals surface area contributed by atoms with Crippen molar-refractivity contribution < 1.29 is 82.0 Å². The Morgan fingerprint density at radius 1 is 0.923 bits per heavy atom. The lowest BCUT2D eigenvalue weighted by Gasteiger charge is -2.67. The van der Waals surface area contributed by atoms with E-state index >= 15 is 4.79 Å². The van der Waals surface area contributed by atoms with Crippen LogP contribution in [0.1, 0.15) is 97.1 Å². The van der Waals surface area contributed by atoms with Gasteiger partial charge in [0.25, 0.3) is 0 Å². The summed E-state index contributed by atoms with van der Waals surface area (Å²) in [6.07, 6.45) is -12.0. The first-order chi connectivity index (χ1) is 30.3. The minimum absolute atomic E-state index is 0.0405. The molecule has 18 nitrogen and oxygen atoms in total. The fourth-order valence-corrected chi connectivity index (χ4v) is 10.2. The van der Waals surface area contributed by atoms with Crippen LogP contribution in [-0.2, 0) is 47.6 Å². The molecule has 6 rings (SSSR count). The van der Waals surface area contributed by atoms with E-state index in [1.165, 1.54) is 60.1 Å². The molecule has 354 valence electrons. The molecule has 1 aliphatic heterocycles. The first-order valence-electron chi connectivity index (χ1n) is 21.3. The summed E-state index contributed by atoms with van der Waals surface area (Å²) < 4.78 is 46.7. The van der Waals surface area contributed by atoms with Crippen molar-refractivity contribution in [2.75, 3.05) is 20.8 Å². The summed E-state index contributed by atoms with van der Waals surface area (Å²) in [6, 6.07) is 11.0. The molecule has 1 amide bonds. The zero-order valence-corrected chi connectivity index (χ0v) is 38.4. The number of hydrogen-bond acceptors (Lipinski definition) is 17. The maximum Gasteiger partial charge on any atom is 0.408 e. The van der Waals surface area contributed by atoms with Gasteiger partial charge in [-0.05, 0) is 69.5 Å². The third kappa shape index (κ3) is 8.56. The van der Waals surface area contributed by atoms with Crippen LogP contribution in [0.3, 0.4) is 0 Å². The molecule has 4 aliphatic rings. The van der Waals surface area contributed by atoms with Crippen LogP contribution in [0.25, 0.3) is 0 Å². The largest absolute Gasteiger partial charge is 0.497 e. The molecule has 3 aliphatic carbocycles. The number of amides is 1. The lowest BCUT2D eigenvalue weighted by molar-refractivity contribution is -0.346. The zero-order valence-electron chi connectivity index (χ0n) is 38.4. The van der Waals surface area contributed by atoms with Crippen LogP contribution < -0.4 is 14.8 Å². The number of carbonyl (C=O) groups is 6. The molecule has 11 atom stereocenters. The number of aliphatic hydroxyl groups is 3. The quantitative estimate of drug-likeness (QED) is 0.142. The van der Waals surface area contributed by atoms with Crippen molar-refractivity contribution >= 4 is 35.8 Å². The average molecular weight is 910 g/mol. The van der Waals surface area contributed by atoms with Gasteiger partial charge < -0.3 is 58.5 Å². The highest BCUT2D eigenvalue weighted by atomic mass is 16.6. The van der Waals surface area contributed by atoms with Crippen LogP contribution in [-0.4, -0.2) is 125 Å². The summed E-state index contributed by atoms with van der Waals surface area (Å²) in [6.45, 7) is 12.7. The molecule has 1 saturated heterocycles. The van der Waals surface area contributed by atoms with Gasteiger partial charge in [-0.25, -0.2) is 14.4 Å².